The van der Waals surface area contributed by atoms with Crippen LogP contribution >= 0.6 is 23.2 Å². The summed E-state index contributed by atoms with van der Waals surface area (Å²) in [6.45, 7) is 0.158. The van der Waals surface area contributed by atoms with E-state index >= 15 is 0 Å². The fraction of sp³-hybridized carbons (Fsp3) is 0.235. The highest BCUT2D eigenvalue weighted by atomic mass is 35.5. The minimum absolute atomic E-state index is 0.0300. The Morgan fingerprint density at radius 2 is 1.72 bits per heavy atom. The number of benzene rings is 2. The van der Waals surface area contributed by atoms with E-state index in [1.165, 1.54) is 6.07 Å². The number of amides is 1. The molecule has 3 nitrogen and oxygen atoms in total. The van der Waals surface area contributed by atoms with E-state index in [1.807, 2.05) is 0 Å². The monoisotopic (exact) mass is 390 g/mol. The number of hydrogen-bond donors (Lipinski definition) is 1. The van der Waals surface area contributed by atoms with Gasteiger partial charge in [-0.05, 0) is 30.8 Å². The first-order valence-electron chi connectivity index (χ1n) is 7.25. The summed E-state index contributed by atoms with van der Waals surface area (Å²) < 4.78 is 38.2. The molecule has 0 atom stereocenters. The highest BCUT2D eigenvalue weighted by Gasteiger charge is 2.30. The predicted molar refractivity (Wildman–Crippen MR) is 92.9 cm³/mol. The Morgan fingerprint density at radius 1 is 1.12 bits per heavy atom. The van der Waals surface area contributed by atoms with Crippen molar-refractivity contribution >= 4 is 34.8 Å². The number of hydrogen-bond acceptors (Lipinski definition) is 2. The van der Waals surface area contributed by atoms with Crippen molar-refractivity contribution in [1.29, 1.82) is 0 Å². The molecule has 2 rings (SSSR count). The Bertz CT molecular complexity index is 746. The van der Waals surface area contributed by atoms with Gasteiger partial charge >= 0.3 is 6.18 Å². The topological polar surface area (TPSA) is 32.3 Å². The van der Waals surface area contributed by atoms with Crippen LogP contribution in [0.1, 0.15) is 11.1 Å². The Labute approximate surface area is 153 Å². The molecular formula is C17H15Cl2F3N2O. The lowest BCUT2D eigenvalue weighted by atomic mass is 10.1. The highest BCUT2D eigenvalue weighted by molar-refractivity contribution is 6.39. The van der Waals surface area contributed by atoms with Crippen LogP contribution in [0.2, 0.25) is 10.0 Å². The van der Waals surface area contributed by atoms with Crippen molar-refractivity contribution in [2.75, 3.05) is 18.9 Å². The molecule has 0 saturated carbocycles. The fourth-order valence-corrected chi connectivity index (χ4v) is 2.75. The molecule has 0 aliphatic carbocycles. The van der Waals surface area contributed by atoms with Gasteiger partial charge in [-0.25, -0.2) is 0 Å². The molecule has 0 heterocycles. The van der Waals surface area contributed by atoms with Crippen LogP contribution in [0.3, 0.4) is 0 Å². The Balaban J connectivity index is 1.98. The zero-order chi connectivity index (χ0) is 18.6. The predicted octanol–water partition coefficient (Wildman–Crippen LogP) is 5.08. The second-order valence-corrected chi connectivity index (χ2v) is 6.33. The standard InChI is InChI=1S/C17H15Cl2F3N2O/c1-24(9-11-4-2-5-12(8-11)17(20,21)22)10-15(25)23-16-13(18)6-3-7-14(16)19/h2-8H,9-10H2,1H3,(H,23,25). The largest absolute Gasteiger partial charge is 0.416 e. The van der Waals surface area contributed by atoms with Crippen LogP contribution in [0.4, 0.5) is 18.9 Å². The average Bonchev–Trinajstić information content (AvgIpc) is 2.50. The van der Waals surface area contributed by atoms with E-state index in [2.05, 4.69) is 5.32 Å². The highest BCUT2D eigenvalue weighted by Crippen LogP contribution is 2.30. The van der Waals surface area contributed by atoms with Gasteiger partial charge in [0, 0.05) is 6.54 Å². The molecule has 0 unspecified atom stereocenters. The van der Waals surface area contributed by atoms with Gasteiger partial charge in [0.25, 0.3) is 0 Å². The lowest BCUT2D eigenvalue weighted by Gasteiger charge is -2.18. The van der Waals surface area contributed by atoms with Crippen LogP contribution in [0.25, 0.3) is 0 Å². The number of anilines is 1. The van der Waals surface area contributed by atoms with Crippen molar-refractivity contribution in [2.45, 2.75) is 12.7 Å². The molecule has 0 fully saturated rings. The van der Waals surface area contributed by atoms with E-state index in [0.29, 0.717) is 21.3 Å². The zero-order valence-corrected chi connectivity index (χ0v) is 14.7. The molecule has 2 aromatic carbocycles. The summed E-state index contributed by atoms with van der Waals surface area (Å²) in [4.78, 5) is 13.7. The molecule has 1 N–H and O–H groups in total. The molecular weight excluding hydrogens is 376 g/mol. The minimum atomic E-state index is -4.40. The molecule has 0 aliphatic rings. The number of nitrogens with one attached hydrogen (secondary N) is 1. The Kier molecular flexibility index (Phi) is 6.32. The number of likely N-dealkylation sites (N-methyl/N-ethyl adjacent to an activating group) is 1. The van der Waals surface area contributed by atoms with Gasteiger partial charge in [0.15, 0.2) is 0 Å². The summed E-state index contributed by atoms with van der Waals surface area (Å²) in [5.41, 5.74) is 0.0508. The maximum absolute atomic E-state index is 12.7. The molecule has 0 saturated heterocycles. The lowest BCUT2D eigenvalue weighted by molar-refractivity contribution is -0.137. The number of rotatable bonds is 5. The first-order chi connectivity index (χ1) is 11.7. The molecule has 0 radical (unpaired) electrons. The summed E-state index contributed by atoms with van der Waals surface area (Å²) in [5, 5.41) is 3.22. The van der Waals surface area contributed by atoms with Gasteiger partial charge in [0.1, 0.15) is 0 Å². The van der Waals surface area contributed by atoms with E-state index in [0.717, 1.165) is 12.1 Å². The van der Waals surface area contributed by atoms with Gasteiger partial charge in [-0.2, -0.15) is 13.2 Å². The maximum Gasteiger partial charge on any atom is 0.416 e. The summed E-state index contributed by atoms with van der Waals surface area (Å²) in [6, 6.07) is 9.84. The van der Waals surface area contributed by atoms with E-state index in [4.69, 9.17) is 23.2 Å². The van der Waals surface area contributed by atoms with E-state index in [9.17, 15) is 18.0 Å². The number of nitrogens with zero attached hydrogens (tertiary/aromatic N) is 1. The van der Waals surface area contributed by atoms with Crippen molar-refractivity contribution < 1.29 is 18.0 Å². The normalized spacial score (nSPS) is 11.6. The van der Waals surface area contributed by atoms with Gasteiger partial charge in [-0.15, -0.1) is 0 Å². The molecule has 25 heavy (non-hydrogen) atoms. The number of para-hydroxylation sites is 1. The van der Waals surface area contributed by atoms with Crippen molar-refractivity contribution in [1.82, 2.24) is 4.90 Å². The lowest BCUT2D eigenvalue weighted by Crippen LogP contribution is -2.30. The molecule has 8 heteroatoms. The Hall–Kier alpha value is -1.76. The van der Waals surface area contributed by atoms with Crippen LogP contribution in [0.5, 0.6) is 0 Å². The van der Waals surface area contributed by atoms with E-state index in [1.54, 1.807) is 36.2 Å². The smallest absolute Gasteiger partial charge is 0.322 e. The molecule has 0 bridgehead atoms. The number of alkyl halides is 3. The van der Waals surface area contributed by atoms with Crippen molar-refractivity contribution in [2.24, 2.45) is 0 Å². The molecule has 0 aromatic heterocycles. The first-order valence-corrected chi connectivity index (χ1v) is 8.01. The van der Waals surface area contributed by atoms with Gasteiger partial charge in [-0.3, -0.25) is 9.69 Å². The zero-order valence-electron chi connectivity index (χ0n) is 13.2. The van der Waals surface area contributed by atoms with Crippen LogP contribution in [0, 0.1) is 0 Å². The Morgan fingerprint density at radius 3 is 2.32 bits per heavy atom. The van der Waals surface area contributed by atoms with E-state index in [-0.39, 0.29) is 19.0 Å². The van der Waals surface area contributed by atoms with Crippen LogP contribution in [-0.4, -0.2) is 24.4 Å². The number of carbonyl (C=O) groups excluding carboxylic acids is 1. The van der Waals surface area contributed by atoms with E-state index < -0.39 is 11.7 Å². The third kappa shape index (κ3) is 5.63. The summed E-state index contributed by atoms with van der Waals surface area (Å²) >= 11 is 12.0. The molecule has 0 aliphatic heterocycles. The SMILES string of the molecule is CN(CC(=O)Nc1c(Cl)cccc1Cl)Cc1cccc(C(F)(F)F)c1. The summed E-state index contributed by atoms with van der Waals surface area (Å²) in [5.74, 6) is -0.371. The molecule has 134 valence electrons. The van der Waals surface area contributed by atoms with Crippen LogP contribution in [-0.2, 0) is 17.5 Å². The van der Waals surface area contributed by atoms with Gasteiger partial charge in [0.2, 0.25) is 5.91 Å². The fourth-order valence-electron chi connectivity index (χ4n) is 2.25. The third-order valence-corrected chi connectivity index (χ3v) is 3.98. The maximum atomic E-state index is 12.7. The minimum Gasteiger partial charge on any atom is -0.322 e. The third-order valence-electron chi connectivity index (χ3n) is 3.35. The molecule has 1 amide bonds. The van der Waals surface area contributed by atoms with Crippen molar-refractivity contribution in [3.8, 4) is 0 Å². The number of carbonyl (C=O) groups is 1. The van der Waals surface area contributed by atoms with Gasteiger partial charge in [-0.1, -0.05) is 47.5 Å². The molecule has 0 spiro atoms. The second-order valence-electron chi connectivity index (χ2n) is 5.52. The van der Waals surface area contributed by atoms with Crippen molar-refractivity contribution in [3.63, 3.8) is 0 Å². The van der Waals surface area contributed by atoms with Gasteiger partial charge < -0.3 is 5.32 Å². The van der Waals surface area contributed by atoms with Crippen molar-refractivity contribution in [3.05, 3.63) is 63.6 Å². The summed E-state index contributed by atoms with van der Waals surface area (Å²) in [6.07, 6.45) is -4.40. The average molecular weight is 391 g/mol. The summed E-state index contributed by atoms with van der Waals surface area (Å²) in [7, 11) is 1.63. The van der Waals surface area contributed by atoms with Crippen LogP contribution in [0.15, 0.2) is 42.5 Å². The quantitative estimate of drug-likeness (QED) is 0.771. The molecule has 2 aromatic rings. The number of halogens is 5. The first kappa shape index (κ1) is 19.6. The van der Waals surface area contributed by atoms with Gasteiger partial charge in [0.05, 0.1) is 27.8 Å². The second kappa shape index (κ2) is 8.08. The van der Waals surface area contributed by atoms with Crippen LogP contribution < -0.4 is 5.32 Å².